The third-order valence-electron chi connectivity index (χ3n) is 3.64. The average Bonchev–Trinajstić information content (AvgIpc) is 2.56. The fraction of sp³-hybridized carbons (Fsp3) is 0.278. The van der Waals surface area contributed by atoms with E-state index < -0.39 is 11.7 Å². The Balaban J connectivity index is 1.87. The molecule has 3 nitrogen and oxygen atoms in total. The Morgan fingerprint density at radius 1 is 1.16 bits per heavy atom. The lowest BCUT2D eigenvalue weighted by molar-refractivity contribution is -0.137. The second-order valence-electron chi connectivity index (χ2n) is 5.57. The van der Waals surface area contributed by atoms with E-state index in [-0.39, 0.29) is 35.6 Å². The molecule has 1 amide bonds. The standard InChI is InChI=1S/C18H18ClF3N2O/c1-12(13-5-3-2-4-6-13)24-17(25)9-10-23-16-11-14(18(20,21)22)7-8-15(16)19/h2-8,11-12,23H,9-10H2,1H3,(H,24,25). The molecule has 1 unspecified atom stereocenters. The quantitative estimate of drug-likeness (QED) is 0.748. The number of amides is 1. The molecule has 0 spiro atoms. The van der Waals surface area contributed by atoms with Crippen molar-refractivity contribution < 1.29 is 18.0 Å². The maximum atomic E-state index is 12.7. The molecule has 25 heavy (non-hydrogen) atoms. The molecule has 0 aliphatic carbocycles. The monoisotopic (exact) mass is 370 g/mol. The van der Waals surface area contributed by atoms with Crippen LogP contribution in [0.15, 0.2) is 48.5 Å². The lowest BCUT2D eigenvalue weighted by Crippen LogP contribution is -2.28. The molecule has 2 N–H and O–H groups in total. The van der Waals surface area contributed by atoms with Gasteiger partial charge in [0.15, 0.2) is 0 Å². The summed E-state index contributed by atoms with van der Waals surface area (Å²) in [6.45, 7) is 2.04. The van der Waals surface area contributed by atoms with E-state index in [1.54, 1.807) is 0 Å². The number of carbonyl (C=O) groups is 1. The van der Waals surface area contributed by atoms with Crippen molar-refractivity contribution in [2.45, 2.75) is 25.6 Å². The molecule has 0 radical (unpaired) electrons. The summed E-state index contributed by atoms with van der Waals surface area (Å²) in [6, 6.07) is 12.4. The Kier molecular flexibility index (Phi) is 6.31. The predicted molar refractivity (Wildman–Crippen MR) is 92.6 cm³/mol. The zero-order chi connectivity index (χ0) is 18.4. The van der Waals surface area contributed by atoms with Crippen LogP contribution in [0, 0.1) is 0 Å². The summed E-state index contributed by atoms with van der Waals surface area (Å²) in [5, 5.41) is 5.79. The number of alkyl halides is 3. The maximum Gasteiger partial charge on any atom is 0.416 e. The molecule has 0 bridgehead atoms. The highest BCUT2D eigenvalue weighted by molar-refractivity contribution is 6.33. The fourth-order valence-electron chi connectivity index (χ4n) is 2.29. The van der Waals surface area contributed by atoms with Crippen molar-refractivity contribution in [3.8, 4) is 0 Å². The van der Waals surface area contributed by atoms with Crippen LogP contribution in [0.3, 0.4) is 0 Å². The van der Waals surface area contributed by atoms with Crippen LogP contribution in [0.4, 0.5) is 18.9 Å². The largest absolute Gasteiger partial charge is 0.416 e. The smallest absolute Gasteiger partial charge is 0.383 e. The van der Waals surface area contributed by atoms with Crippen LogP contribution in [0.2, 0.25) is 5.02 Å². The number of benzene rings is 2. The molecule has 0 fully saturated rings. The highest BCUT2D eigenvalue weighted by Gasteiger charge is 2.30. The minimum Gasteiger partial charge on any atom is -0.383 e. The number of nitrogens with one attached hydrogen (secondary N) is 2. The van der Waals surface area contributed by atoms with Gasteiger partial charge in [0, 0.05) is 13.0 Å². The van der Waals surface area contributed by atoms with Crippen LogP contribution < -0.4 is 10.6 Å². The highest BCUT2D eigenvalue weighted by Crippen LogP contribution is 2.33. The van der Waals surface area contributed by atoms with Crippen LogP contribution in [-0.2, 0) is 11.0 Å². The first kappa shape index (κ1) is 19.1. The summed E-state index contributed by atoms with van der Waals surface area (Å²) < 4.78 is 38.2. The third kappa shape index (κ3) is 5.67. The minimum absolute atomic E-state index is 0.115. The predicted octanol–water partition coefficient (Wildman–Crippen LogP) is 5.04. The Labute approximate surface area is 149 Å². The first-order valence-corrected chi connectivity index (χ1v) is 8.10. The number of hydrogen-bond acceptors (Lipinski definition) is 2. The molecule has 1 atom stereocenters. The summed E-state index contributed by atoms with van der Waals surface area (Å²) in [5.41, 5.74) is 0.340. The number of anilines is 1. The van der Waals surface area contributed by atoms with Gasteiger partial charge in [-0.3, -0.25) is 4.79 Å². The number of rotatable bonds is 6. The molecule has 0 saturated carbocycles. The third-order valence-corrected chi connectivity index (χ3v) is 3.97. The Morgan fingerprint density at radius 3 is 2.48 bits per heavy atom. The molecular formula is C18H18ClF3N2O. The number of hydrogen-bond donors (Lipinski definition) is 2. The van der Waals surface area contributed by atoms with Gasteiger partial charge in [-0.05, 0) is 30.7 Å². The summed E-state index contributed by atoms with van der Waals surface area (Å²) in [5.74, 6) is -0.202. The second-order valence-corrected chi connectivity index (χ2v) is 5.98. The molecule has 0 aliphatic heterocycles. The van der Waals surface area contributed by atoms with Gasteiger partial charge >= 0.3 is 6.18 Å². The summed E-state index contributed by atoms with van der Waals surface area (Å²) in [4.78, 5) is 12.0. The van der Waals surface area contributed by atoms with Crippen molar-refractivity contribution >= 4 is 23.2 Å². The summed E-state index contributed by atoms with van der Waals surface area (Å²) >= 11 is 5.90. The van der Waals surface area contributed by atoms with Crippen LogP contribution in [0.5, 0.6) is 0 Å². The molecule has 0 saturated heterocycles. The summed E-state index contributed by atoms with van der Waals surface area (Å²) in [6.07, 6.45) is -4.33. The minimum atomic E-state index is -4.44. The van der Waals surface area contributed by atoms with E-state index in [0.29, 0.717) is 0 Å². The van der Waals surface area contributed by atoms with Gasteiger partial charge < -0.3 is 10.6 Å². The molecule has 2 aromatic rings. The van der Waals surface area contributed by atoms with Gasteiger partial charge in [-0.15, -0.1) is 0 Å². The van der Waals surface area contributed by atoms with Gasteiger partial charge in [0.2, 0.25) is 5.91 Å². The van der Waals surface area contributed by atoms with Crippen LogP contribution in [0.1, 0.15) is 30.5 Å². The van der Waals surface area contributed by atoms with Crippen molar-refractivity contribution in [1.82, 2.24) is 5.32 Å². The first-order valence-electron chi connectivity index (χ1n) is 7.72. The van der Waals surface area contributed by atoms with E-state index in [2.05, 4.69) is 10.6 Å². The van der Waals surface area contributed by atoms with E-state index in [1.165, 1.54) is 6.07 Å². The molecule has 2 aromatic carbocycles. The van der Waals surface area contributed by atoms with Gasteiger partial charge in [-0.2, -0.15) is 13.2 Å². The molecule has 134 valence electrons. The topological polar surface area (TPSA) is 41.1 Å². The molecule has 0 aliphatic rings. The van der Waals surface area contributed by atoms with E-state index in [9.17, 15) is 18.0 Å². The van der Waals surface area contributed by atoms with Crippen LogP contribution >= 0.6 is 11.6 Å². The molecule has 0 heterocycles. The van der Waals surface area contributed by atoms with Crippen molar-refractivity contribution in [2.75, 3.05) is 11.9 Å². The Bertz CT molecular complexity index is 720. The van der Waals surface area contributed by atoms with E-state index in [0.717, 1.165) is 17.7 Å². The van der Waals surface area contributed by atoms with Gasteiger partial charge in [0.25, 0.3) is 0 Å². The van der Waals surface area contributed by atoms with E-state index in [1.807, 2.05) is 37.3 Å². The lowest BCUT2D eigenvalue weighted by atomic mass is 10.1. The van der Waals surface area contributed by atoms with Crippen molar-refractivity contribution in [2.24, 2.45) is 0 Å². The fourth-order valence-corrected chi connectivity index (χ4v) is 2.47. The maximum absolute atomic E-state index is 12.7. The van der Waals surface area contributed by atoms with Crippen LogP contribution in [-0.4, -0.2) is 12.5 Å². The zero-order valence-electron chi connectivity index (χ0n) is 13.5. The Morgan fingerprint density at radius 2 is 1.84 bits per heavy atom. The molecule has 0 aromatic heterocycles. The number of carbonyl (C=O) groups excluding carboxylic acids is 1. The summed E-state index contributed by atoms with van der Waals surface area (Å²) in [7, 11) is 0. The van der Waals surface area contributed by atoms with Gasteiger partial charge in [0.1, 0.15) is 0 Å². The Hall–Kier alpha value is -2.21. The number of halogens is 4. The SMILES string of the molecule is CC(NC(=O)CCNc1cc(C(F)(F)F)ccc1Cl)c1ccccc1. The van der Waals surface area contributed by atoms with E-state index in [4.69, 9.17) is 11.6 Å². The molecular weight excluding hydrogens is 353 g/mol. The van der Waals surface area contributed by atoms with Crippen molar-refractivity contribution in [3.05, 3.63) is 64.7 Å². The normalized spacial score (nSPS) is 12.5. The molecule has 7 heteroatoms. The first-order chi connectivity index (χ1) is 11.8. The average molecular weight is 371 g/mol. The second kappa shape index (κ2) is 8.25. The van der Waals surface area contributed by atoms with Gasteiger partial charge in [-0.1, -0.05) is 41.9 Å². The zero-order valence-corrected chi connectivity index (χ0v) is 14.3. The van der Waals surface area contributed by atoms with Crippen LogP contribution in [0.25, 0.3) is 0 Å². The van der Waals surface area contributed by atoms with Gasteiger partial charge in [-0.25, -0.2) is 0 Å². The molecule has 2 rings (SSSR count). The van der Waals surface area contributed by atoms with E-state index >= 15 is 0 Å². The highest BCUT2D eigenvalue weighted by atomic mass is 35.5. The van der Waals surface area contributed by atoms with Gasteiger partial charge in [0.05, 0.1) is 22.3 Å². The van der Waals surface area contributed by atoms with Crippen molar-refractivity contribution in [1.29, 1.82) is 0 Å². The lowest BCUT2D eigenvalue weighted by Gasteiger charge is -2.15. The van der Waals surface area contributed by atoms with Crippen molar-refractivity contribution in [3.63, 3.8) is 0 Å².